The summed E-state index contributed by atoms with van der Waals surface area (Å²) >= 11 is 0. The maximum atomic E-state index is 13.2. The lowest BCUT2D eigenvalue weighted by Gasteiger charge is -2.34. The first kappa shape index (κ1) is 23.8. The lowest BCUT2D eigenvalue weighted by molar-refractivity contribution is -0.126. The van der Waals surface area contributed by atoms with E-state index < -0.39 is 21.9 Å². The Hall–Kier alpha value is -2.85. The highest BCUT2D eigenvalue weighted by atomic mass is 32.2. The number of nitrogens with zero attached hydrogens (tertiary/aromatic N) is 2. The van der Waals surface area contributed by atoms with Crippen LogP contribution in [0.5, 0.6) is 11.5 Å². The summed E-state index contributed by atoms with van der Waals surface area (Å²) in [6.45, 7) is 0.633. The van der Waals surface area contributed by atoms with Crippen LogP contribution in [0, 0.1) is 11.7 Å². The normalized spacial score (nSPS) is 16.9. The van der Waals surface area contributed by atoms with Crippen LogP contribution in [0.2, 0.25) is 0 Å². The number of nitrogens with one attached hydrogen (secondary N) is 1. The number of carbonyl (C=O) groups is 1. The second-order valence-corrected chi connectivity index (χ2v) is 9.48. The summed E-state index contributed by atoms with van der Waals surface area (Å²) in [5.41, 5.74) is 1.11. The van der Waals surface area contributed by atoms with Crippen LogP contribution >= 0.6 is 0 Å². The van der Waals surface area contributed by atoms with Crippen LogP contribution in [0.1, 0.15) is 18.4 Å². The molecule has 1 aliphatic rings. The molecule has 0 aromatic heterocycles. The third-order valence-electron chi connectivity index (χ3n) is 5.56. The van der Waals surface area contributed by atoms with E-state index in [2.05, 4.69) is 5.32 Å². The van der Waals surface area contributed by atoms with Crippen LogP contribution in [0.25, 0.3) is 0 Å². The third kappa shape index (κ3) is 5.13. The Morgan fingerprint density at radius 2 is 1.91 bits per heavy atom. The van der Waals surface area contributed by atoms with E-state index in [0.717, 1.165) is 9.87 Å². The molecule has 0 spiro atoms. The first-order chi connectivity index (χ1) is 15.3. The lowest BCUT2D eigenvalue weighted by Crippen LogP contribution is -2.49. The number of carbonyl (C=O) groups excluding carboxylic acids is 1. The minimum absolute atomic E-state index is 0.0783. The topological polar surface area (TPSA) is 88.2 Å². The van der Waals surface area contributed by atoms with Gasteiger partial charge >= 0.3 is 10.2 Å². The van der Waals surface area contributed by atoms with Gasteiger partial charge in [-0.2, -0.15) is 12.7 Å². The summed E-state index contributed by atoms with van der Waals surface area (Å²) in [5, 5.41) is 2.88. The van der Waals surface area contributed by atoms with Gasteiger partial charge in [-0.05, 0) is 43.2 Å². The number of anilines is 1. The standard InChI is InChI=1S/C22H28FN3O5S/c1-25(19-11-9-18(23)10-12-19)32(28,29)26-13-5-7-17(15-26)22(27)24-14-16-6-4-8-20(30-2)21(16)31-3/h4,6,8-12,17H,5,7,13-15H2,1-3H3,(H,24,27)/t17-/m1/s1. The molecule has 0 saturated carbocycles. The third-order valence-corrected chi connectivity index (χ3v) is 7.44. The molecule has 8 nitrogen and oxygen atoms in total. The van der Waals surface area contributed by atoms with Crippen LogP contribution in [-0.4, -0.2) is 53.0 Å². The number of piperidine rings is 1. The highest BCUT2D eigenvalue weighted by Crippen LogP contribution is 2.31. The molecule has 1 fully saturated rings. The minimum atomic E-state index is -3.85. The Kier molecular flexibility index (Phi) is 7.57. The fourth-order valence-corrected chi connectivity index (χ4v) is 5.21. The van der Waals surface area contributed by atoms with Gasteiger partial charge in [-0.25, -0.2) is 4.39 Å². The molecule has 174 valence electrons. The van der Waals surface area contributed by atoms with Gasteiger partial charge in [-0.15, -0.1) is 0 Å². The van der Waals surface area contributed by atoms with Crippen molar-refractivity contribution < 1.29 is 27.1 Å². The van der Waals surface area contributed by atoms with Crippen LogP contribution in [-0.2, 0) is 21.5 Å². The number of rotatable bonds is 8. The molecule has 0 unspecified atom stereocenters. The SMILES string of the molecule is COc1cccc(CNC(=O)[C@@H]2CCCN(S(=O)(=O)N(C)c3ccc(F)cc3)C2)c1OC. The highest BCUT2D eigenvalue weighted by molar-refractivity contribution is 7.90. The molecule has 0 radical (unpaired) electrons. The van der Waals surface area contributed by atoms with Crippen molar-refractivity contribution in [2.45, 2.75) is 19.4 Å². The molecule has 3 rings (SSSR count). The number of hydrogen-bond donors (Lipinski definition) is 1. The van der Waals surface area contributed by atoms with Gasteiger partial charge < -0.3 is 14.8 Å². The molecule has 10 heteroatoms. The zero-order chi connectivity index (χ0) is 23.3. The fourth-order valence-electron chi connectivity index (χ4n) is 3.74. The number of hydrogen-bond acceptors (Lipinski definition) is 5. The van der Waals surface area contributed by atoms with Crippen LogP contribution < -0.4 is 19.1 Å². The van der Waals surface area contributed by atoms with Crippen molar-refractivity contribution in [3.63, 3.8) is 0 Å². The zero-order valence-corrected chi connectivity index (χ0v) is 19.2. The van der Waals surface area contributed by atoms with E-state index in [9.17, 15) is 17.6 Å². The van der Waals surface area contributed by atoms with E-state index in [0.29, 0.717) is 36.6 Å². The summed E-state index contributed by atoms with van der Waals surface area (Å²) in [4.78, 5) is 12.8. The van der Waals surface area contributed by atoms with Gasteiger partial charge in [0.2, 0.25) is 5.91 Å². The maximum absolute atomic E-state index is 13.2. The smallest absolute Gasteiger partial charge is 0.303 e. The molecule has 2 aromatic rings. The Bertz CT molecular complexity index is 1050. The maximum Gasteiger partial charge on any atom is 0.303 e. The molecule has 32 heavy (non-hydrogen) atoms. The van der Waals surface area contributed by atoms with Crippen molar-refractivity contribution >= 4 is 21.8 Å². The monoisotopic (exact) mass is 465 g/mol. The molecule has 0 bridgehead atoms. The van der Waals surface area contributed by atoms with E-state index >= 15 is 0 Å². The van der Waals surface area contributed by atoms with Crippen LogP contribution in [0.15, 0.2) is 42.5 Å². The molecule has 1 saturated heterocycles. The number of halogens is 1. The second-order valence-electron chi connectivity index (χ2n) is 7.52. The number of methoxy groups -OCH3 is 2. The summed E-state index contributed by atoms with van der Waals surface area (Å²) in [6, 6.07) is 10.6. The first-order valence-electron chi connectivity index (χ1n) is 10.2. The average molecular weight is 466 g/mol. The largest absolute Gasteiger partial charge is 0.493 e. The Balaban J connectivity index is 1.66. The molecular weight excluding hydrogens is 437 g/mol. The van der Waals surface area contributed by atoms with Gasteiger partial charge in [0, 0.05) is 32.2 Å². The van der Waals surface area contributed by atoms with Crippen LogP contribution in [0.3, 0.4) is 0 Å². The Morgan fingerprint density at radius 3 is 2.56 bits per heavy atom. The van der Waals surface area contributed by atoms with Crippen molar-refractivity contribution in [3.05, 3.63) is 53.8 Å². The second kappa shape index (κ2) is 10.2. The molecule has 2 aromatic carbocycles. The van der Waals surface area contributed by atoms with Crippen molar-refractivity contribution in [2.24, 2.45) is 5.92 Å². The number of amides is 1. The molecule has 1 heterocycles. The zero-order valence-electron chi connectivity index (χ0n) is 18.4. The summed E-state index contributed by atoms with van der Waals surface area (Å²) in [7, 11) is 0.639. The first-order valence-corrected chi connectivity index (χ1v) is 11.6. The van der Waals surface area contributed by atoms with Crippen molar-refractivity contribution in [3.8, 4) is 11.5 Å². The average Bonchev–Trinajstić information content (AvgIpc) is 2.82. The van der Waals surface area contributed by atoms with Gasteiger partial charge in [0.1, 0.15) is 5.82 Å². The lowest BCUT2D eigenvalue weighted by atomic mass is 9.98. The molecule has 1 atom stereocenters. The van der Waals surface area contributed by atoms with Gasteiger partial charge in [0.25, 0.3) is 0 Å². The van der Waals surface area contributed by atoms with E-state index in [1.807, 2.05) is 12.1 Å². The van der Waals surface area contributed by atoms with Gasteiger partial charge in [0.15, 0.2) is 11.5 Å². The number of benzene rings is 2. The Morgan fingerprint density at radius 1 is 1.19 bits per heavy atom. The van der Waals surface area contributed by atoms with Gasteiger partial charge in [-0.1, -0.05) is 12.1 Å². The molecule has 1 aliphatic heterocycles. The number of para-hydroxylation sites is 1. The predicted octanol–water partition coefficient (Wildman–Crippen LogP) is 2.55. The molecular formula is C22H28FN3O5S. The molecule has 1 amide bonds. The minimum Gasteiger partial charge on any atom is -0.493 e. The summed E-state index contributed by atoms with van der Waals surface area (Å²) < 4.78 is 52.4. The fraction of sp³-hybridized carbons (Fsp3) is 0.409. The highest BCUT2D eigenvalue weighted by Gasteiger charge is 2.34. The summed E-state index contributed by atoms with van der Waals surface area (Å²) in [5.74, 6) is -0.0278. The van der Waals surface area contributed by atoms with Crippen molar-refractivity contribution in [2.75, 3.05) is 38.7 Å². The number of ether oxygens (including phenoxy) is 2. The van der Waals surface area contributed by atoms with Crippen molar-refractivity contribution in [1.82, 2.24) is 9.62 Å². The molecule has 0 aliphatic carbocycles. The van der Waals surface area contributed by atoms with E-state index in [-0.39, 0.29) is 19.0 Å². The van der Waals surface area contributed by atoms with E-state index in [1.54, 1.807) is 13.2 Å². The Labute approximate surface area is 188 Å². The van der Waals surface area contributed by atoms with Gasteiger partial charge in [-0.3, -0.25) is 9.10 Å². The van der Waals surface area contributed by atoms with E-state index in [4.69, 9.17) is 9.47 Å². The van der Waals surface area contributed by atoms with Gasteiger partial charge in [0.05, 0.1) is 25.8 Å². The van der Waals surface area contributed by atoms with Crippen molar-refractivity contribution in [1.29, 1.82) is 0 Å². The van der Waals surface area contributed by atoms with E-state index in [1.165, 1.54) is 42.7 Å². The quantitative estimate of drug-likeness (QED) is 0.647. The predicted molar refractivity (Wildman–Crippen MR) is 119 cm³/mol. The summed E-state index contributed by atoms with van der Waals surface area (Å²) in [6.07, 6.45) is 1.16. The van der Waals surface area contributed by atoms with Crippen LogP contribution in [0.4, 0.5) is 10.1 Å². The molecule has 1 N–H and O–H groups in total.